The molecule has 0 aliphatic carbocycles. The summed E-state index contributed by atoms with van der Waals surface area (Å²) in [6.07, 6.45) is 1.45. The monoisotopic (exact) mass is 375 g/mol. The van der Waals surface area contributed by atoms with Gasteiger partial charge in [-0.15, -0.1) is 11.3 Å². The van der Waals surface area contributed by atoms with Crippen molar-refractivity contribution in [1.29, 1.82) is 0 Å². The molecular weight excluding hydrogens is 358 g/mol. The number of nitrogens with one attached hydrogen (secondary N) is 2. The number of carbonyl (C=O) groups excluding carboxylic acids is 1. The highest BCUT2D eigenvalue weighted by Crippen LogP contribution is 2.41. The molecule has 0 saturated heterocycles. The first-order valence-electron chi connectivity index (χ1n) is 7.54. The van der Waals surface area contributed by atoms with Gasteiger partial charge in [0.05, 0.1) is 33.4 Å². The zero-order chi connectivity index (χ0) is 18.5. The molecule has 0 bridgehead atoms. The largest absolute Gasteiger partial charge is 0.493 e. The number of H-pyrrole nitrogens is 1. The first-order valence-corrected chi connectivity index (χ1v) is 8.42. The topological polar surface area (TPSA) is 111 Å². The van der Waals surface area contributed by atoms with Gasteiger partial charge in [0.2, 0.25) is 17.6 Å². The Morgan fingerprint density at radius 3 is 2.50 bits per heavy atom. The average Bonchev–Trinajstić information content (AvgIpc) is 3.32. The van der Waals surface area contributed by atoms with Gasteiger partial charge >= 0.3 is 0 Å². The van der Waals surface area contributed by atoms with E-state index in [1.54, 1.807) is 21.3 Å². The van der Waals surface area contributed by atoms with E-state index < -0.39 is 0 Å². The van der Waals surface area contributed by atoms with Crippen LogP contribution in [0, 0.1) is 0 Å². The van der Waals surface area contributed by atoms with Crippen LogP contribution in [0.4, 0.5) is 5.95 Å². The van der Waals surface area contributed by atoms with E-state index in [1.807, 2.05) is 17.5 Å². The molecule has 0 radical (unpaired) electrons. The van der Waals surface area contributed by atoms with Gasteiger partial charge < -0.3 is 14.2 Å². The van der Waals surface area contributed by atoms with Gasteiger partial charge in [-0.05, 0) is 12.1 Å². The molecule has 0 spiro atoms. The van der Waals surface area contributed by atoms with Crippen molar-refractivity contribution in [2.45, 2.75) is 6.42 Å². The summed E-state index contributed by atoms with van der Waals surface area (Å²) in [6.45, 7) is 0. The first-order chi connectivity index (χ1) is 12.6. The molecule has 2 aromatic heterocycles. The van der Waals surface area contributed by atoms with Crippen molar-refractivity contribution >= 4 is 23.2 Å². The number of nitrogens with zero attached hydrogens (tertiary/aromatic N) is 3. The van der Waals surface area contributed by atoms with Gasteiger partial charge in [-0.25, -0.2) is 10.1 Å². The second-order valence-electron chi connectivity index (χ2n) is 5.12. The van der Waals surface area contributed by atoms with E-state index in [1.165, 1.54) is 17.7 Å². The third kappa shape index (κ3) is 3.75. The molecule has 1 aromatic carbocycles. The van der Waals surface area contributed by atoms with Crippen molar-refractivity contribution in [3.05, 3.63) is 29.5 Å². The Kier molecular flexibility index (Phi) is 5.32. The van der Waals surface area contributed by atoms with Crippen molar-refractivity contribution in [2.75, 3.05) is 26.6 Å². The SMILES string of the molecule is COc1cc(-c2nc(CC(=O)Nc3ncn[nH]3)cs2)cc(OC)c1OC. The predicted molar refractivity (Wildman–Crippen MR) is 95.9 cm³/mol. The van der Waals surface area contributed by atoms with Crippen LogP contribution in [0.15, 0.2) is 23.8 Å². The number of methoxy groups -OCH3 is 3. The molecular formula is C16H17N5O4S. The lowest BCUT2D eigenvalue weighted by molar-refractivity contribution is -0.115. The Bertz CT molecular complexity index is 869. The van der Waals surface area contributed by atoms with Crippen LogP contribution < -0.4 is 19.5 Å². The summed E-state index contributed by atoms with van der Waals surface area (Å²) in [7, 11) is 4.67. The quantitative estimate of drug-likeness (QED) is 0.651. The normalized spacial score (nSPS) is 10.4. The number of aromatic nitrogens is 4. The van der Waals surface area contributed by atoms with E-state index in [-0.39, 0.29) is 12.3 Å². The highest BCUT2D eigenvalue weighted by molar-refractivity contribution is 7.13. The Morgan fingerprint density at radius 1 is 1.19 bits per heavy atom. The summed E-state index contributed by atoms with van der Waals surface area (Å²) in [5.41, 5.74) is 1.46. The smallest absolute Gasteiger partial charge is 0.232 e. The van der Waals surface area contributed by atoms with E-state index in [4.69, 9.17) is 14.2 Å². The molecule has 0 aliphatic heterocycles. The number of anilines is 1. The van der Waals surface area contributed by atoms with Gasteiger partial charge in [0, 0.05) is 10.9 Å². The number of rotatable bonds is 7. The first kappa shape index (κ1) is 17.7. The van der Waals surface area contributed by atoms with Gasteiger partial charge in [0.25, 0.3) is 0 Å². The van der Waals surface area contributed by atoms with E-state index in [9.17, 15) is 4.79 Å². The van der Waals surface area contributed by atoms with Crippen molar-refractivity contribution in [3.8, 4) is 27.8 Å². The van der Waals surface area contributed by atoms with Gasteiger partial charge in [-0.3, -0.25) is 10.1 Å². The fraction of sp³-hybridized carbons (Fsp3) is 0.250. The zero-order valence-corrected chi connectivity index (χ0v) is 15.2. The number of hydrogen-bond acceptors (Lipinski definition) is 8. The van der Waals surface area contributed by atoms with E-state index in [0.29, 0.717) is 28.9 Å². The van der Waals surface area contributed by atoms with Crippen LogP contribution >= 0.6 is 11.3 Å². The molecule has 136 valence electrons. The Hall–Kier alpha value is -3.14. The minimum Gasteiger partial charge on any atom is -0.493 e. The fourth-order valence-electron chi connectivity index (χ4n) is 2.33. The molecule has 10 heteroatoms. The van der Waals surface area contributed by atoms with E-state index in [2.05, 4.69) is 25.5 Å². The third-order valence-corrected chi connectivity index (χ3v) is 4.42. The summed E-state index contributed by atoms with van der Waals surface area (Å²) in [5, 5.41) is 11.4. The number of aromatic amines is 1. The molecule has 0 fully saturated rings. The molecule has 3 aromatic rings. The average molecular weight is 375 g/mol. The molecule has 3 rings (SSSR count). The van der Waals surface area contributed by atoms with Gasteiger partial charge in [-0.2, -0.15) is 10.1 Å². The number of benzene rings is 1. The number of carbonyl (C=O) groups is 1. The summed E-state index contributed by atoms with van der Waals surface area (Å²) < 4.78 is 16.0. The van der Waals surface area contributed by atoms with Crippen LogP contribution in [0.1, 0.15) is 5.69 Å². The van der Waals surface area contributed by atoms with E-state index >= 15 is 0 Å². The molecule has 2 heterocycles. The molecule has 0 unspecified atom stereocenters. The second-order valence-corrected chi connectivity index (χ2v) is 5.98. The molecule has 9 nitrogen and oxygen atoms in total. The number of hydrogen-bond donors (Lipinski definition) is 2. The van der Waals surface area contributed by atoms with Crippen LogP contribution in [0.5, 0.6) is 17.2 Å². The minimum absolute atomic E-state index is 0.127. The Labute approximate surface area is 153 Å². The fourth-order valence-corrected chi connectivity index (χ4v) is 3.14. The molecule has 1 amide bonds. The lowest BCUT2D eigenvalue weighted by Gasteiger charge is -2.13. The van der Waals surface area contributed by atoms with Crippen molar-refractivity contribution < 1.29 is 19.0 Å². The lowest BCUT2D eigenvalue weighted by atomic mass is 10.2. The standard InChI is InChI=1S/C16H17N5O4S/c1-23-11-4-9(5-12(24-2)14(11)25-3)15-19-10(7-26-15)6-13(22)20-16-17-8-18-21-16/h4-5,7-8H,6H2,1-3H3,(H2,17,18,20,21,22). The van der Waals surface area contributed by atoms with Crippen molar-refractivity contribution in [3.63, 3.8) is 0 Å². The highest BCUT2D eigenvalue weighted by Gasteiger charge is 2.16. The summed E-state index contributed by atoms with van der Waals surface area (Å²) in [5.74, 6) is 1.67. The van der Waals surface area contributed by atoms with Crippen LogP contribution in [0.25, 0.3) is 10.6 Å². The number of thiazole rings is 1. The third-order valence-electron chi connectivity index (χ3n) is 3.48. The lowest BCUT2D eigenvalue weighted by Crippen LogP contribution is -2.15. The van der Waals surface area contributed by atoms with Gasteiger partial charge in [-0.1, -0.05) is 0 Å². The van der Waals surface area contributed by atoms with Crippen LogP contribution in [0.2, 0.25) is 0 Å². The maximum atomic E-state index is 12.0. The van der Waals surface area contributed by atoms with E-state index in [0.717, 1.165) is 10.6 Å². The summed E-state index contributed by atoms with van der Waals surface area (Å²) in [6, 6.07) is 3.64. The molecule has 2 N–H and O–H groups in total. The molecule has 0 saturated carbocycles. The minimum atomic E-state index is -0.233. The van der Waals surface area contributed by atoms with Crippen molar-refractivity contribution in [2.24, 2.45) is 0 Å². The van der Waals surface area contributed by atoms with Gasteiger partial charge in [0.15, 0.2) is 11.5 Å². The maximum absolute atomic E-state index is 12.0. The highest BCUT2D eigenvalue weighted by atomic mass is 32.1. The Morgan fingerprint density at radius 2 is 1.92 bits per heavy atom. The van der Waals surface area contributed by atoms with Crippen LogP contribution in [-0.2, 0) is 11.2 Å². The Balaban J connectivity index is 1.80. The van der Waals surface area contributed by atoms with Crippen LogP contribution in [-0.4, -0.2) is 47.4 Å². The number of ether oxygens (including phenoxy) is 3. The summed E-state index contributed by atoms with van der Waals surface area (Å²) in [4.78, 5) is 20.4. The number of amides is 1. The summed E-state index contributed by atoms with van der Waals surface area (Å²) >= 11 is 1.43. The molecule has 26 heavy (non-hydrogen) atoms. The predicted octanol–water partition coefficient (Wildman–Crippen LogP) is 2.14. The van der Waals surface area contributed by atoms with Crippen molar-refractivity contribution in [1.82, 2.24) is 20.2 Å². The van der Waals surface area contributed by atoms with Crippen LogP contribution in [0.3, 0.4) is 0 Å². The maximum Gasteiger partial charge on any atom is 0.232 e. The zero-order valence-electron chi connectivity index (χ0n) is 14.4. The second kappa shape index (κ2) is 7.83. The van der Waals surface area contributed by atoms with Gasteiger partial charge in [0.1, 0.15) is 11.3 Å². The molecule has 0 aliphatic rings. The molecule has 0 atom stereocenters.